The Labute approximate surface area is 121 Å². The molecule has 90 valence electrons. The SMILES string of the molecule is COC(C)COc1c(Br)cc(CBr)cc1Br. The number of hydrogen-bond acceptors (Lipinski definition) is 2. The molecule has 1 aromatic rings. The van der Waals surface area contributed by atoms with E-state index in [0.29, 0.717) is 6.61 Å². The first kappa shape index (κ1) is 14.5. The van der Waals surface area contributed by atoms with Gasteiger partial charge in [0, 0.05) is 12.4 Å². The molecule has 0 aliphatic carbocycles. The van der Waals surface area contributed by atoms with Crippen molar-refractivity contribution in [1.82, 2.24) is 0 Å². The zero-order chi connectivity index (χ0) is 12.1. The summed E-state index contributed by atoms with van der Waals surface area (Å²) in [6, 6.07) is 4.07. The molecule has 2 nitrogen and oxygen atoms in total. The second kappa shape index (κ2) is 6.99. The number of halogens is 3. The quantitative estimate of drug-likeness (QED) is 0.657. The maximum Gasteiger partial charge on any atom is 0.147 e. The van der Waals surface area contributed by atoms with Gasteiger partial charge in [0.1, 0.15) is 12.4 Å². The Bertz CT molecular complexity index is 332. The molecule has 0 bridgehead atoms. The fourth-order valence-electron chi connectivity index (χ4n) is 1.10. The van der Waals surface area contributed by atoms with E-state index in [1.54, 1.807) is 7.11 Å². The van der Waals surface area contributed by atoms with Gasteiger partial charge >= 0.3 is 0 Å². The molecule has 0 radical (unpaired) electrons. The van der Waals surface area contributed by atoms with E-state index < -0.39 is 0 Å². The Balaban J connectivity index is 2.80. The summed E-state index contributed by atoms with van der Waals surface area (Å²) in [5.41, 5.74) is 1.19. The molecule has 1 atom stereocenters. The summed E-state index contributed by atoms with van der Waals surface area (Å²) >= 11 is 10.4. The van der Waals surface area contributed by atoms with Gasteiger partial charge in [0.15, 0.2) is 0 Å². The smallest absolute Gasteiger partial charge is 0.147 e. The van der Waals surface area contributed by atoms with Crippen LogP contribution in [0.4, 0.5) is 0 Å². The number of ether oxygens (including phenoxy) is 2. The van der Waals surface area contributed by atoms with E-state index in [0.717, 1.165) is 20.0 Å². The van der Waals surface area contributed by atoms with Crippen LogP contribution in [0.5, 0.6) is 5.75 Å². The first-order valence-corrected chi connectivity index (χ1v) is 7.48. The van der Waals surface area contributed by atoms with Crippen LogP contribution in [-0.2, 0) is 10.1 Å². The van der Waals surface area contributed by atoms with Crippen LogP contribution in [0.15, 0.2) is 21.1 Å². The highest BCUT2D eigenvalue weighted by molar-refractivity contribution is 9.11. The van der Waals surface area contributed by atoms with Crippen LogP contribution in [0.2, 0.25) is 0 Å². The average Bonchev–Trinajstić information content (AvgIpc) is 2.27. The fourth-order valence-corrected chi connectivity index (χ4v) is 2.93. The van der Waals surface area contributed by atoms with Gasteiger partial charge in [0.2, 0.25) is 0 Å². The van der Waals surface area contributed by atoms with E-state index in [1.807, 2.05) is 19.1 Å². The van der Waals surface area contributed by atoms with Gasteiger partial charge in [-0.2, -0.15) is 0 Å². The predicted octanol–water partition coefficient (Wildman–Crippen LogP) is 4.52. The Morgan fingerprint density at radius 1 is 1.25 bits per heavy atom. The van der Waals surface area contributed by atoms with E-state index in [1.165, 1.54) is 5.56 Å². The lowest BCUT2D eigenvalue weighted by Gasteiger charge is -2.14. The Hall–Kier alpha value is 0.420. The van der Waals surface area contributed by atoms with Crippen LogP contribution in [-0.4, -0.2) is 19.8 Å². The van der Waals surface area contributed by atoms with Crippen LogP contribution in [0, 0.1) is 0 Å². The fraction of sp³-hybridized carbons (Fsp3) is 0.455. The van der Waals surface area contributed by atoms with Crippen molar-refractivity contribution in [3.63, 3.8) is 0 Å². The molecule has 1 unspecified atom stereocenters. The zero-order valence-electron chi connectivity index (χ0n) is 9.10. The molecule has 0 N–H and O–H groups in total. The highest BCUT2D eigenvalue weighted by Gasteiger charge is 2.10. The topological polar surface area (TPSA) is 18.5 Å². The van der Waals surface area contributed by atoms with Crippen LogP contribution in [0.1, 0.15) is 12.5 Å². The molecule has 0 fully saturated rings. The van der Waals surface area contributed by atoms with Crippen LogP contribution >= 0.6 is 47.8 Å². The van der Waals surface area contributed by atoms with E-state index >= 15 is 0 Å². The van der Waals surface area contributed by atoms with Crippen LogP contribution in [0.3, 0.4) is 0 Å². The largest absolute Gasteiger partial charge is 0.489 e. The van der Waals surface area contributed by atoms with Gasteiger partial charge in [0.05, 0.1) is 15.0 Å². The van der Waals surface area contributed by atoms with Crippen molar-refractivity contribution in [1.29, 1.82) is 0 Å². The Morgan fingerprint density at radius 3 is 2.25 bits per heavy atom. The summed E-state index contributed by atoms with van der Waals surface area (Å²) in [6.45, 7) is 2.50. The molecule has 16 heavy (non-hydrogen) atoms. The van der Waals surface area contributed by atoms with Crippen molar-refractivity contribution in [2.75, 3.05) is 13.7 Å². The minimum Gasteiger partial charge on any atom is -0.489 e. The molecule has 0 aliphatic heterocycles. The second-order valence-electron chi connectivity index (χ2n) is 3.38. The van der Waals surface area contributed by atoms with Crippen molar-refractivity contribution >= 4 is 47.8 Å². The third-order valence-corrected chi connectivity index (χ3v) is 3.90. The van der Waals surface area contributed by atoms with Crippen molar-refractivity contribution in [3.8, 4) is 5.75 Å². The standard InChI is InChI=1S/C11H13Br3O2/c1-7(15-2)6-16-11-9(13)3-8(5-12)4-10(11)14/h3-4,7H,5-6H2,1-2H3. The van der Waals surface area contributed by atoms with E-state index in [2.05, 4.69) is 47.8 Å². The predicted molar refractivity (Wildman–Crippen MR) is 76.4 cm³/mol. The van der Waals surface area contributed by atoms with Crippen molar-refractivity contribution < 1.29 is 9.47 Å². The van der Waals surface area contributed by atoms with Crippen molar-refractivity contribution in [2.24, 2.45) is 0 Å². The summed E-state index contributed by atoms with van der Waals surface area (Å²) in [7, 11) is 1.67. The normalized spacial score (nSPS) is 12.6. The van der Waals surface area contributed by atoms with Gasteiger partial charge in [0.25, 0.3) is 0 Å². The lowest BCUT2D eigenvalue weighted by atomic mass is 10.2. The molecule has 0 amide bonds. The summed E-state index contributed by atoms with van der Waals surface area (Å²) in [5.74, 6) is 0.814. The second-order valence-corrected chi connectivity index (χ2v) is 5.65. The minimum absolute atomic E-state index is 0.0784. The van der Waals surface area contributed by atoms with Gasteiger partial charge in [-0.15, -0.1) is 0 Å². The third kappa shape index (κ3) is 4.02. The molecule has 1 rings (SSSR count). The minimum atomic E-state index is 0.0784. The molecule has 0 saturated carbocycles. The highest BCUT2D eigenvalue weighted by Crippen LogP contribution is 2.35. The van der Waals surface area contributed by atoms with E-state index in [4.69, 9.17) is 9.47 Å². The molecule has 0 aliphatic rings. The monoisotopic (exact) mass is 414 g/mol. The molecule has 0 saturated heterocycles. The van der Waals surface area contributed by atoms with E-state index in [-0.39, 0.29) is 6.10 Å². The van der Waals surface area contributed by atoms with Gasteiger partial charge in [-0.1, -0.05) is 15.9 Å². The maximum atomic E-state index is 5.69. The number of alkyl halides is 1. The summed E-state index contributed by atoms with van der Waals surface area (Å²) in [4.78, 5) is 0. The number of hydrogen-bond donors (Lipinski definition) is 0. The van der Waals surface area contributed by atoms with Gasteiger partial charge in [-0.25, -0.2) is 0 Å². The molecule has 1 aromatic carbocycles. The third-order valence-electron chi connectivity index (χ3n) is 2.08. The Morgan fingerprint density at radius 2 is 1.81 bits per heavy atom. The summed E-state index contributed by atoms with van der Waals surface area (Å²) in [5, 5.41) is 0.818. The molecule has 5 heteroatoms. The lowest BCUT2D eigenvalue weighted by Crippen LogP contribution is -2.16. The summed E-state index contributed by atoms with van der Waals surface area (Å²) < 4.78 is 12.7. The number of rotatable bonds is 5. The molecule has 0 heterocycles. The van der Waals surface area contributed by atoms with E-state index in [9.17, 15) is 0 Å². The van der Waals surface area contributed by atoms with Crippen LogP contribution in [0.25, 0.3) is 0 Å². The first-order chi connectivity index (χ1) is 7.58. The van der Waals surface area contributed by atoms with Gasteiger partial charge < -0.3 is 9.47 Å². The van der Waals surface area contributed by atoms with Crippen LogP contribution < -0.4 is 4.74 Å². The average molecular weight is 417 g/mol. The zero-order valence-corrected chi connectivity index (χ0v) is 13.9. The number of methoxy groups -OCH3 is 1. The summed E-state index contributed by atoms with van der Waals surface area (Å²) in [6.07, 6.45) is 0.0784. The van der Waals surface area contributed by atoms with Crippen molar-refractivity contribution in [3.05, 3.63) is 26.6 Å². The van der Waals surface area contributed by atoms with Gasteiger partial charge in [-0.3, -0.25) is 0 Å². The maximum absolute atomic E-state index is 5.69. The van der Waals surface area contributed by atoms with Crippen molar-refractivity contribution in [2.45, 2.75) is 18.4 Å². The molecule has 0 aromatic heterocycles. The number of benzene rings is 1. The first-order valence-electron chi connectivity index (χ1n) is 4.78. The lowest BCUT2D eigenvalue weighted by molar-refractivity contribution is 0.0711. The molecular weight excluding hydrogens is 404 g/mol. The molecular formula is C11H13Br3O2. The highest BCUT2D eigenvalue weighted by atomic mass is 79.9. The Kier molecular flexibility index (Phi) is 6.32. The molecule has 0 spiro atoms. The van der Waals surface area contributed by atoms with Gasteiger partial charge in [-0.05, 0) is 56.5 Å².